The van der Waals surface area contributed by atoms with Gasteiger partial charge >= 0.3 is 6.09 Å². The topological polar surface area (TPSA) is 90.3 Å². The van der Waals surface area contributed by atoms with Gasteiger partial charge in [-0.1, -0.05) is 72.8 Å². The molecule has 34 heavy (non-hydrogen) atoms. The van der Waals surface area contributed by atoms with E-state index in [1.54, 1.807) is 11.9 Å². The second kappa shape index (κ2) is 12.2. The Kier molecular flexibility index (Phi) is 9.01. The van der Waals surface area contributed by atoms with Crippen LogP contribution in [0.1, 0.15) is 11.1 Å². The fraction of sp³-hybridized carbons (Fsp3) is 0.333. The van der Waals surface area contributed by atoms with Gasteiger partial charge in [-0.15, -0.1) is 0 Å². The van der Waals surface area contributed by atoms with Crippen molar-refractivity contribution in [3.05, 3.63) is 83.9 Å². The van der Waals surface area contributed by atoms with E-state index < -0.39 is 12.1 Å². The van der Waals surface area contributed by atoms with E-state index in [2.05, 4.69) is 0 Å². The Hall–Kier alpha value is -3.42. The number of nitrogens with zero attached hydrogens (tertiary/aromatic N) is 2. The lowest BCUT2D eigenvalue weighted by molar-refractivity contribution is -0.138. The molecule has 0 unspecified atom stereocenters. The standard InChI is InChI=1S/C27H32N2O5/c1-28(24(19-34-15-14-30)17-20-8-4-3-5-9-20)26(31)25(29(2)27(32)33)18-21-12-13-22-10-6-7-11-23(22)16-21/h3-13,16,24-25,30H,14-15,17-19H2,1-2H3,(H,32,33)/t24-,25-/m1/s1. The SMILES string of the molecule is CN(C(=O)[C@@H](Cc1ccc2ccccc2c1)N(C)C(=O)O)[C@@H](COCCO)Cc1ccccc1. The second-order valence-corrected chi connectivity index (χ2v) is 8.39. The number of aliphatic hydroxyl groups is 1. The van der Waals surface area contributed by atoms with Crippen LogP contribution < -0.4 is 0 Å². The van der Waals surface area contributed by atoms with Crippen molar-refractivity contribution < 1.29 is 24.5 Å². The van der Waals surface area contributed by atoms with E-state index in [0.29, 0.717) is 6.42 Å². The van der Waals surface area contributed by atoms with E-state index >= 15 is 0 Å². The summed E-state index contributed by atoms with van der Waals surface area (Å²) in [5.74, 6) is -0.299. The normalized spacial score (nSPS) is 12.8. The maximum atomic E-state index is 13.6. The number of rotatable bonds is 11. The molecule has 0 fully saturated rings. The van der Waals surface area contributed by atoms with E-state index in [4.69, 9.17) is 9.84 Å². The molecular weight excluding hydrogens is 432 g/mol. The summed E-state index contributed by atoms with van der Waals surface area (Å²) in [5, 5.41) is 20.9. The number of benzene rings is 3. The van der Waals surface area contributed by atoms with Crippen molar-refractivity contribution in [2.75, 3.05) is 33.9 Å². The number of likely N-dealkylation sites (N-methyl/N-ethyl adjacent to an activating group) is 2. The van der Waals surface area contributed by atoms with E-state index in [-0.39, 0.29) is 38.2 Å². The third kappa shape index (κ3) is 6.56. The zero-order valence-electron chi connectivity index (χ0n) is 19.6. The molecule has 0 spiro atoms. The van der Waals surface area contributed by atoms with Crippen molar-refractivity contribution in [3.63, 3.8) is 0 Å². The Balaban J connectivity index is 1.84. The van der Waals surface area contributed by atoms with Crippen molar-refractivity contribution in [1.29, 1.82) is 0 Å². The smallest absolute Gasteiger partial charge is 0.407 e. The summed E-state index contributed by atoms with van der Waals surface area (Å²) in [6, 6.07) is 22.4. The Morgan fingerprint density at radius 3 is 2.21 bits per heavy atom. The van der Waals surface area contributed by atoms with Gasteiger partial charge in [0.15, 0.2) is 0 Å². The molecule has 0 aliphatic carbocycles. The minimum absolute atomic E-state index is 0.109. The first kappa shape index (κ1) is 25.2. The number of hydrogen-bond donors (Lipinski definition) is 2. The third-order valence-corrected chi connectivity index (χ3v) is 6.05. The van der Waals surface area contributed by atoms with E-state index in [0.717, 1.165) is 26.8 Å². The first-order chi connectivity index (χ1) is 16.4. The highest BCUT2D eigenvalue weighted by Crippen LogP contribution is 2.20. The van der Waals surface area contributed by atoms with Crippen molar-refractivity contribution >= 4 is 22.8 Å². The zero-order valence-corrected chi connectivity index (χ0v) is 19.6. The first-order valence-corrected chi connectivity index (χ1v) is 11.3. The number of amides is 2. The minimum atomic E-state index is -1.16. The highest BCUT2D eigenvalue weighted by molar-refractivity contribution is 5.86. The molecule has 2 atom stereocenters. The van der Waals surface area contributed by atoms with Gasteiger partial charge in [-0.3, -0.25) is 9.69 Å². The van der Waals surface area contributed by atoms with Crippen molar-refractivity contribution in [2.45, 2.75) is 24.9 Å². The summed E-state index contributed by atoms with van der Waals surface area (Å²) in [5.41, 5.74) is 1.92. The van der Waals surface area contributed by atoms with Crippen LogP contribution in [0.5, 0.6) is 0 Å². The summed E-state index contributed by atoms with van der Waals surface area (Å²) >= 11 is 0. The third-order valence-electron chi connectivity index (χ3n) is 6.05. The number of ether oxygens (including phenoxy) is 1. The van der Waals surface area contributed by atoms with Crippen LogP contribution >= 0.6 is 0 Å². The Bertz CT molecular complexity index is 1090. The quantitative estimate of drug-likeness (QED) is 0.424. The van der Waals surface area contributed by atoms with Crippen LogP contribution in [-0.2, 0) is 22.4 Å². The van der Waals surface area contributed by atoms with E-state index in [1.807, 2.05) is 72.8 Å². The van der Waals surface area contributed by atoms with Crippen LogP contribution in [0.4, 0.5) is 4.79 Å². The number of carboxylic acid groups (broad SMARTS) is 1. The molecule has 3 aromatic carbocycles. The number of carbonyl (C=O) groups excluding carboxylic acids is 1. The summed E-state index contributed by atoms with van der Waals surface area (Å²) < 4.78 is 5.57. The minimum Gasteiger partial charge on any atom is -0.465 e. The summed E-state index contributed by atoms with van der Waals surface area (Å²) in [7, 11) is 3.11. The first-order valence-electron chi connectivity index (χ1n) is 11.3. The molecule has 180 valence electrons. The Labute approximate surface area is 200 Å². The predicted molar refractivity (Wildman–Crippen MR) is 132 cm³/mol. The highest BCUT2D eigenvalue weighted by Gasteiger charge is 2.32. The summed E-state index contributed by atoms with van der Waals surface area (Å²) in [6.45, 7) is 0.294. The Morgan fingerprint density at radius 1 is 0.853 bits per heavy atom. The van der Waals surface area contributed by atoms with Gasteiger partial charge in [-0.2, -0.15) is 0 Å². The zero-order chi connectivity index (χ0) is 24.5. The van der Waals surface area contributed by atoms with Gasteiger partial charge in [0.25, 0.3) is 0 Å². The van der Waals surface area contributed by atoms with Gasteiger partial charge < -0.3 is 19.8 Å². The molecule has 2 N–H and O–H groups in total. The van der Waals surface area contributed by atoms with E-state index in [1.165, 1.54) is 7.05 Å². The monoisotopic (exact) mass is 464 g/mol. The largest absolute Gasteiger partial charge is 0.465 e. The maximum Gasteiger partial charge on any atom is 0.407 e. The predicted octanol–water partition coefficient (Wildman–Crippen LogP) is 3.44. The van der Waals surface area contributed by atoms with Crippen molar-refractivity contribution in [3.8, 4) is 0 Å². The van der Waals surface area contributed by atoms with E-state index in [9.17, 15) is 14.7 Å². The average molecular weight is 465 g/mol. The van der Waals surface area contributed by atoms with Gasteiger partial charge in [0.2, 0.25) is 5.91 Å². The molecule has 0 aliphatic heterocycles. The molecule has 3 aromatic rings. The molecule has 0 aliphatic rings. The molecule has 7 nitrogen and oxygen atoms in total. The molecule has 0 aromatic heterocycles. The molecular formula is C27H32N2O5. The average Bonchev–Trinajstić information content (AvgIpc) is 2.86. The molecule has 3 rings (SSSR count). The molecule has 0 radical (unpaired) electrons. The van der Waals surface area contributed by atoms with Gasteiger partial charge in [0, 0.05) is 20.5 Å². The van der Waals surface area contributed by atoms with Gasteiger partial charge in [-0.05, 0) is 28.3 Å². The van der Waals surface area contributed by atoms with Crippen molar-refractivity contribution in [2.24, 2.45) is 0 Å². The number of carbonyl (C=O) groups is 2. The molecule has 0 bridgehead atoms. The molecule has 7 heteroatoms. The molecule has 0 saturated carbocycles. The lowest BCUT2D eigenvalue weighted by atomic mass is 9.99. The lowest BCUT2D eigenvalue weighted by Crippen LogP contribution is -2.53. The lowest BCUT2D eigenvalue weighted by Gasteiger charge is -2.34. The summed E-state index contributed by atoms with van der Waals surface area (Å²) in [4.78, 5) is 28.1. The molecule has 2 amide bonds. The van der Waals surface area contributed by atoms with Crippen LogP contribution in [0.3, 0.4) is 0 Å². The van der Waals surface area contributed by atoms with Crippen LogP contribution in [-0.4, -0.2) is 78.0 Å². The number of fused-ring (bicyclic) bond motifs is 1. The fourth-order valence-electron chi connectivity index (χ4n) is 4.00. The van der Waals surface area contributed by atoms with Crippen molar-refractivity contribution in [1.82, 2.24) is 9.80 Å². The molecule has 0 saturated heterocycles. The second-order valence-electron chi connectivity index (χ2n) is 8.39. The highest BCUT2D eigenvalue weighted by atomic mass is 16.5. The summed E-state index contributed by atoms with van der Waals surface area (Å²) in [6.07, 6.45) is -0.357. The fourth-order valence-corrected chi connectivity index (χ4v) is 4.00. The van der Waals surface area contributed by atoms with Crippen LogP contribution in [0.15, 0.2) is 72.8 Å². The molecule has 0 heterocycles. The number of aliphatic hydroxyl groups excluding tert-OH is 1. The number of hydrogen-bond acceptors (Lipinski definition) is 4. The van der Waals surface area contributed by atoms with Gasteiger partial charge in [0.05, 0.1) is 25.9 Å². The van der Waals surface area contributed by atoms with Crippen LogP contribution in [0, 0.1) is 0 Å². The van der Waals surface area contributed by atoms with Crippen LogP contribution in [0.2, 0.25) is 0 Å². The Morgan fingerprint density at radius 2 is 1.53 bits per heavy atom. The van der Waals surface area contributed by atoms with Gasteiger partial charge in [-0.25, -0.2) is 4.79 Å². The van der Waals surface area contributed by atoms with Crippen LogP contribution in [0.25, 0.3) is 10.8 Å². The van der Waals surface area contributed by atoms with Gasteiger partial charge in [0.1, 0.15) is 6.04 Å². The maximum absolute atomic E-state index is 13.6.